The van der Waals surface area contributed by atoms with Crippen molar-refractivity contribution in [3.8, 4) is 5.75 Å². The number of hydrogen-bond acceptors (Lipinski definition) is 4. The number of piperazine rings is 1. The zero-order valence-electron chi connectivity index (χ0n) is 16.6. The number of halogens is 3. The molecule has 1 saturated heterocycles. The van der Waals surface area contributed by atoms with E-state index in [2.05, 4.69) is 16.0 Å². The highest BCUT2D eigenvalue weighted by Crippen LogP contribution is 2.23. The average molecular weight is 422 g/mol. The van der Waals surface area contributed by atoms with Gasteiger partial charge in [-0.1, -0.05) is 24.3 Å². The molecule has 6 nitrogen and oxygen atoms in total. The predicted octanol–water partition coefficient (Wildman–Crippen LogP) is 3.35. The largest absolute Gasteiger partial charge is 0.497 e. The Balaban J connectivity index is 1.46. The highest BCUT2D eigenvalue weighted by molar-refractivity contribution is 5.89. The fourth-order valence-electron chi connectivity index (χ4n) is 3.23. The number of anilines is 1. The van der Waals surface area contributed by atoms with Crippen molar-refractivity contribution in [1.82, 2.24) is 15.5 Å². The minimum Gasteiger partial charge on any atom is -0.497 e. The van der Waals surface area contributed by atoms with E-state index >= 15 is 0 Å². The van der Waals surface area contributed by atoms with Crippen LogP contribution in [0.4, 0.5) is 23.7 Å². The van der Waals surface area contributed by atoms with E-state index < -0.39 is 12.2 Å². The molecule has 1 aliphatic rings. The van der Waals surface area contributed by atoms with Crippen LogP contribution in [0, 0.1) is 0 Å². The van der Waals surface area contributed by atoms with Gasteiger partial charge in [-0.2, -0.15) is 13.2 Å². The SMILES string of the molecule is COc1ccc(CNC(=O)Nc2ccc(CN3CCNC(C(F)(F)F)C3)cc2)cc1. The van der Waals surface area contributed by atoms with Gasteiger partial charge >= 0.3 is 12.2 Å². The molecule has 1 heterocycles. The lowest BCUT2D eigenvalue weighted by Crippen LogP contribution is -2.56. The topological polar surface area (TPSA) is 65.6 Å². The summed E-state index contributed by atoms with van der Waals surface area (Å²) in [5.41, 5.74) is 2.44. The van der Waals surface area contributed by atoms with Crippen LogP contribution in [-0.4, -0.2) is 49.9 Å². The van der Waals surface area contributed by atoms with E-state index in [9.17, 15) is 18.0 Å². The number of amides is 2. The second kappa shape index (κ2) is 9.82. The van der Waals surface area contributed by atoms with Crippen LogP contribution in [0.3, 0.4) is 0 Å². The van der Waals surface area contributed by atoms with Gasteiger partial charge in [-0.05, 0) is 35.4 Å². The van der Waals surface area contributed by atoms with Gasteiger partial charge in [0.25, 0.3) is 0 Å². The number of carbonyl (C=O) groups is 1. The molecule has 0 saturated carbocycles. The Morgan fingerprint density at radius 3 is 2.43 bits per heavy atom. The molecule has 0 aliphatic carbocycles. The first-order chi connectivity index (χ1) is 14.3. The van der Waals surface area contributed by atoms with E-state index in [4.69, 9.17) is 4.74 Å². The maximum Gasteiger partial charge on any atom is 0.405 e. The fourth-order valence-corrected chi connectivity index (χ4v) is 3.23. The molecule has 0 radical (unpaired) electrons. The zero-order valence-corrected chi connectivity index (χ0v) is 16.6. The molecule has 1 aliphatic heterocycles. The Kier molecular flexibility index (Phi) is 7.17. The van der Waals surface area contributed by atoms with E-state index in [1.807, 2.05) is 36.4 Å². The van der Waals surface area contributed by atoms with Gasteiger partial charge in [0.2, 0.25) is 0 Å². The van der Waals surface area contributed by atoms with Crippen molar-refractivity contribution >= 4 is 11.7 Å². The van der Waals surface area contributed by atoms with Crippen molar-refractivity contribution in [3.63, 3.8) is 0 Å². The van der Waals surface area contributed by atoms with Crippen LogP contribution in [0.15, 0.2) is 48.5 Å². The van der Waals surface area contributed by atoms with Crippen molar-refractivity contribution in [2.24, 2.45) is 0 Å². The van der Waals surface area contributed by atoms with Gasteiger partial charge in [-0.15, -0.1) is 0 Å². The molecule has 2 amide bonds. The van der Waals surface area contributed by atoms with Crippen molar-refractivity contribution in [2.75, 3.05) is 32.1 Å². The average Bonchev–Trinajstić information content (AvgIpc) is 2.74. The first kappa shape index (κ1) is 21.9. The number of ether oxygens (including phenoxy) is 1. The van der Waals surface area contributed by atoms with Crippen LogP contribution in [0.5, 0.6) is 5.75 Å². The molecule has 1 unspecified atom stereocenters. The summed E-state index contributed by atoms with van der Waals surface area (Å²) in [5, 5.41) is 8.02. The van der Waals surface area contributed by atoms with E-state index in [-0.39, 0.29) is 12.6 Å². The summed E-state index contributed by atoms with van der Waals surface area (Å²) in [5.74, 6) is 0.748. The van der Waals surface area contributed by atoms with Crippen molar-refractivity contribution in [3.05, 3.63) is 59.7 Å². The Morgan fingerprint density at radius 1 is 1.13 bits per heavy atom. The number of nitrogens with one attached hydrogen (secondary N) is 3. The highest BCUT2D eigenvalue weighted by atomic mass is 19.4. The zero-order chi connectivity index (χ0) is 21.6. The second-order valence-electron chi connectivity index (χ2n) is 7.14. The Morgan fingerprint density at radius 2 is 1.80 bits per heavy atom. The fraction of sp³-hybridized carbons (Fsp3) is 0.381. The predicted molar refractivity (Wildman–Crippen MR) is 108 cm³/mol. The normalized spacial score (nSPS) is 17.4. The number of benzene rings is 2. The van der Waals surface area contributed by atoms with Gasteiger partial charge in [0.1, 0.15) is 11.8 Å². The van der Waals surface area contributed by atoms with Crippen LogP contribution in [-0.2, 0) is 13.1 Å². The number of rotatable bonds is 6. The molecule has 1 atom stereocenters. The molecule has 9 heteroatoms. The molecule has 2 aromatic rings. The smallest absolute Gasteiger partial charge is 0.405 e. The summed E-state index contributed by atoms with van der Waals surface area (Å²) in [6, 6.07) is 12.6. The minimum absolute atomic E-state index is 0.0722. The number of alkyl halides is 3. The molecule has 1 fully saturated rings. The molecule has 2 aromatic carbocycles. The third kappa shape index (κ3) is 6.36. The summed E-state index contributed by atoms with van der Waals surface area (Å²) in [6.45, 7) is 1.59. The molecule has 30 heavy (non-hydrogen) atoms. The van der Waals surface area contributed by atoms with Gasteiger partial charge in [0.05, 0.1) is 7.11 Å². The molecule has 3 rings (SSSR count). The first-order valence-corrected chi connectivity index (χ1v) is 9.62. The molecule has 162 valence electrons. The van der Waals surface area contributed by atoms with Gasteiger partial charge in [-0.3, -0.25) is 4.90 Å². The van der Waals surface area contributed by atoms with Gasteiger partial charge in [-0.25, -0.2) is 4.79 Å². The lowest BCUT2D eigenvalue weighted by atomic mass is 10.1. The third-order valence-electron chi connectivity index (χ3n) is 4.88. The number of nitrogens with zero attached hydrogens (tertiary/aromatic N) is 1. The summed E-state index contributed by atoms with van der Waals surface area (Å²) in [4.78, 5) is 13.8. The summed E-state index contributed by atoms with van der Waals surface area (Å²) in [7, 11) is 1.59. The number of carbonyl (C=O) groups excluding carboxylic acids is 1. The Hall–Kier alpha value is -2.78. The molecule has 0 spiro atoms. The summed E-state index contributed by atoms with van der Waals surface area (Å²) in [6.07, 6.45) is -4.24. The molecule has 0 bridgehead atoms. The quantitative estimate of drug-likeness (QED) is 0.668. The monoisotopic (exact) mass is 422 g/mol. The maximum atomic E-state index is 12.9. The van der Waals surface area contributed by atoms with Crippen molar-refractivity contribution in [2.45, 2.75) is 25.3 Å². The van der Waals surface area contributed by atoms with Gasteiger partial charge < -0.3 is 20.7 Å². The molecular weight excluding hydrogens is 397 g/mol. The summed E-state index contributed by atoms with van der Waals surface area (Å²) >= 11 is 0. The van der Waals surface area contributed by atoms with Crippen LogP contribution < -0.4 is 20.7 Å². The maximum absolute atomic E-state index is 12.9. The number of hydrogen-bond donors (Lipinski definition) is 3. The van der Waals surface area contributed by atoms with Gasteiger partial charge in [0.15, 0.2) is 0 Å². The second-order valence-corrected chi connectivity index (χ2v) is 7.14. The van der Waals surface area contributed by atoms with Crippen LogP contribution in [0.1, 0.15) is 11.1 Å². The van der Waals surface area contributed by atoms with Crippen LogP contribution in [0.25, 0.3) is 0 Å². The van der Waals surface area contributed by atoms with Crippen LogP contribution >= 0.6 is 0 Å². The molecule has 0 aromatic heterocycles. The number of methoxy groups -OCH3 is 1. The number of urea groups is 1. The molecule has 3 N–H and O–H groups in total. The lowest BCUT2D eigenvalue weighted by molar-refractivity contribution is -0.165. The van der Waals surface area contributed by atoms with Crippen molar-refractivity contribution < 1.29 is 22.7 Å². The third-order valence-corrected chi connectivity index (χ3v) is 4.88. The standard InChI is InChI=1S/C21H25F3N4O2/c1-30-18-8-4-15(5-9-18)12-26-20(29)27-17-6-2-16(3-7-17)13-28-11-10-25-19(14-28)21(22,23)24/h2-9,19,25H,10-14H2,1H3,(H2,26,27,29). The van der Waals surface area contributed by atoms with E-state index in [1.54, 1.807) is 24.1 Å². The van der Waals surface area contributed by atoms with Crippen molar-refractivity contribution in [1.29, 1.82) is 0 Å². The van der Waals surface area contributed by atoms with Gasteiger partial charge in [0, 0.05) is 38.4 Å². The Labute approximate surface area is 173 Å². The lowest BCUT2D eigenvalue weighted by Gasteiger charge is -2.34. The Bertz CT molecular complexity index is 826. The van der Waals surface area contributed by atoms with E-state index in [0.29, 0.717) is 31.9 Å². The minimum atomic E-state index is -4.24. The highest BCUT2D eigenvalue weighted by Gasteiger charge is 2.41. The first-order valence-electron chi connectivity index (χ1n) is 9.62. The van der Waals surface area contributed by atoms with E-state index in [1.165, 1.54) is 0 Å². The van der Waals surface area contributed by atoms with Crippen LogP contribution in [0.2, 0.25) is 0 Å². The van der Waals surface area contributed by atoms with E-state index in [0.717, 1.165) is 16.9 Å². The molecular formula is C21H25F3N4O2. The summed E-state index contributed by atoms with van der Waals surface area (Å²) < 4.78 is 43.8.